The van der Waals surface area contributed by atoms with E-state index in [9.17, 15) is 4.79 Å². The fraction of sp³-hybridized carbons (Fsp3) is 0.0625. The molecule has 0 bridgehead atoms. The number of benzene rings is 2. The maximum absolute atomic E-state index is 11.8. The first-order valence-corrected chi connectivity index (χ1v) is 5.82. The molecule has 1 aliphatic heterocycles. The highest BCUT2D eigenvalue weighted by atomic mass is 16.5. The lowest BCUT2D eigenvalue weighted by molar-refractivity contribution is -0.131. The van der Waals surface area contributed by atoms with E-state index >= 15 is 0 Å². The third-order valence-corrected chi connectivity index (χ3v) is 3.18. The number of carbonyl (C=O) groups excluding carboxylic acids is 1. The Morgan fingerprint density at radius 2 is 1.61 bits per heavy atom. The Kier molecular flexibility index (Phi) is 2.49. The second-order valence-electron chi connectivity index (χ2n) is 4.30. The third kappa shape index (κ3) is 1.63. The summed E-state index contributed by atoms with van der Waals surface area (Å²) in [6.45, 7) is 3.88. The smallest absolute Gasteiger partial charge is 0.339 e. The minimum absolute atomic E-state index is 0.108. The van der Waals surface area contributed by atoms with Crippen molar-refractivity contribution in [2.45, 2.75) is 5.92 Å². The zero-order valence-corrected chi connectivity index (χ0v) is 9.80. The van der Waals surface area contributed by atoms with Gasteiger partial charge in [0.15, 0.2) is 0 Å². The zero-order valence-electron chi connectivity index (χ0n) is 9.80. The maximum Gasteiger partial charge on any atom is 0.339 e. The molecule has 1 unspecified atom stereocenters. The average molecular weight is 236 g/mol. The quantitative estimate of drug-likeness (QED) is 0.431. The summed E-state index contributed by atoms with van der Waals surface area (Å²) in [7, 11) is 0. The summed E-state index contributed by atoms with van der Waals surface area (Å²) < 4.78 is 5.26. The largest absolute Gasteiger partial charge is 0.423 e. The fourth-order valence-electron chi connectivity index (χ4n) is 2.31. The Labute approximate surface area is 106 Å². The molecule has 1 atom stereocenters. The molecule has 2 nitrogen and oxygen atoms in total. The number of fused-ring (bicyclic) bond motifs is 1. The molecule has 0 amide bonds. The standard InChI is InChI=1S/C16H12O2/c1-11-15(12-7-3-2-4-8-12)13-9-5-6-10-14(13)18-16(11)17/h2-10,15H,1H2. The molecular formula is C16H12O2. The monoisotopic (exact) mass is 236 g/mol. The Balaban J connectivity index is 2.18. The summed E-state index contributed by atoms with van der Waals surface area (Å²) in [5.74, 6) is 0.176. The van der Waals surface area contributed by atoms with Crippen LogP contribution < -0.4 is 4.74 Å². The van der Waals surface area contributed by atoms with Crippen LogP contribution in [0.2, 0.25) is 0 Å². The molecule has 0 N–H and O–H groups in total. The van der Waals surface area contributed by atoms with Crippen LogP contribution in [0.1, 0.15) is 17.0 Å². The molecule has 0 saturated heterocycles. The highest BCUT2D eigenvalue weighted by Gasteiger charge is 2.31. The maximum atomic E-state index is 11.8. The molecule has 2 heteroatoms. The molecule has 2 aromatic rings. The lowest BCUT2D eigenvalue weighted by Crippen LogP contribution is -2.23. The molecule has 0 saturated carbocycles. The molecule has 0 spiro atoms. The Morgan fingerprint density at radius 3 is 2.39 bits per heavy atom. The second kappa shape index (κ2) is 4.15. The first kappa shape index (κ1) is 10.8. The van der Waals surface area contributed by atoms with Crippen molar-refractivity contribution in [3.05, 3.63) is 77.9 Å². The van der Waals surface area contributed by atoms with E-state index in [0.29, 0.717) is 11.3 Å². The molecule has 1 heterocycles. The van der Waals surface area contributed by atoms with E-state index in [1.165, 1.54) is 0 Å². The highest BCUT2D eigenvalue weighted by Crippen LogP contribution is 2.40. The number of para-hydroxylation sites is 1. The summed E-state index contributed by atoms with van der Waals surface area (Å²) in [5.41, 5.74) is 2.54. The van der Waals surface area contributed by atoms with E-state index < -0.39 is 0 Å². The van der Waals surface area contributed by atoms with Gasteiger partial charge in [-0.25, -0.2) is 4.79 Å². The van der Waals surface area contributed by atoms with Crippen molar-refractivity contribution in [1.82, 2.24) is 0 Å². The number of rotatable bonds is 1. The summed E-state index contributed by atoms with van der Waals surface area (Å²) >= 11 is 0. The van der Waals surface area contributed by atoms with Gasteiger partial charge in [-0.05, 0) is 11.6 Å². The fourth-order valence-corrected chi connectivity index (χ4v) is 2.31. The summed E-state index contributed by atoms with van der Waals surface area (Å²) in [6.07, 6.45) is 0. The van der Waals surface area contributed by atoms with Gasteiger partial charge in [0.1, 0.15) is 5.75 Å². The van der Waals surface area contributed by atoms with E-state index in [1.54, 1.807) is 0 Å². The van der Waals surface area contributed by atoms with Crippen LogP contribution >= 0.6 is 0 Å². The molecule has 1 aliphatic rings. The lowest BCUT2D eigenvalue weighted by Gasteiger charge is -2.26. The van der Waals surface area contributed by atoms with Crippen molar-refractivity contribution in [1.29, 1.82) is 0 Å². The Morgan fingerprint density at radius 1 is 0.944 bits per heavy atom. The number of carbonyl (C=O) groups is 1. The number of hydrogen-bond donors (Lipinski definition) is 0. The number of ether oxygens (including phenoxy) is 1. The van der Waals surface area contributed by atoms with Crippen LogP contribution in [-0.4, -0.2) is 5.97 Å². The SMILES string of the molecule is C=C1C(=O)Oc2ccccc2C1c1ccccc1. The van der Waals surface area contributed by atoms with E-state index in [2.05, 4.69) is 6.58 Å². The van der Waals surface area contributed by atoms with E-state index in [0.717, 1.165) is 11.1 Å². The minimum Gasteiger partial charge on any atom is -0.423 e. The first-order valence-electron chi connectivity index (χ1n) is 5.82. The van der Waals surface area contributed by atoms with Crippen LogP contribution in [-0.2, 0) is 4.79 Å². The van der Waals surface area contributed by atoms with Crippen LogP contribution in [0.5, 0.6) is 5.75 Å². The topological polar surface area (TPSA) is 26.3 Å². The molecule has 88 valence electrons. The third-order valence-electron chi connectivity index (χ3n) is 3.18. The van der Waals surface area contributed by atoms with Crippen LogP contribution in [0.15, 0.2) is 66.7 Å². The average Bonchev–Trinajstić information content (AvgIpc) is 2.41. The highest BCUT2D eigenvalue weighted by molar-refractivity contribution is 5.94. The van der Waals surface area contributed by atoms with Crippen molar-refractivity contribution in [3.8, 4) is 5.75 Å². The van der Waals surface area contributed by atoms with Crippen molar-refractivity contribution in [2.75, 3.05) is 0 Å². The van der Waals surface area contributed by atoms with Crippen molar-refractivity contribution in [2.24, 2.45) is 0 Å². The molecule has 2 aromatic carbocycles. The predicted molar refractivity (Wildman–Crippen MR) is 69.5 cm³/mol. The number of esters is 1. The van der Waals surface area contributed by atoms with Crippen LogP contribution in [0.4, 0.5) is 0 Å². The van der Waals surface area contributed by atoms with Gasteiger partial charge in [-0.2, -0.15) is 0 Å². The zero-order chi connectivity index (χ0) is 12.5. The summed E-state index contributed by atoms with van der Waals surface area (Å²) in [5, 5.41) is 0. The van der Waals surface area contributed by atoms with Crippen LogP contribution in [0.25, 0.3) is 0 Å². The molecular weight excluding hydrogens is 224 g/mol. The summed E-state index contributed by atoms with van der Waals surface area (Å²) in [4.78, 5) is 11.8. The molecule has 0 aromatic heterocycles. The van der Waals surface area contributed by atoms with Gasteiger partial charge in [0.25, 0.3) is 0 Å². The molecule has 0 aliphatic carbocycles. The van der Waals surface area contributed by atoms with Crippen molar-refractivity contribution in [3.63, 3.8) is 0 Å². The van der Waals surface area contributed by atoms with Gasteiger partial charge in [-0.15, -0.1) is 0 Å². The second-order valence-corrected chi connectivity index (χ2v) is 4.30. The van der Waals surface area contributed by atoms with Gasteiger partial charge in [-0.3, -0.25) is 0 Å². The van der Waals surface area contributed by atoms with Gasteiger partial charge in [-0.1, -0.05) is 55.1 Å². The van der Waals surface area contributed by atoms with Gasteiger partial charge in [0.2, 0.25) is 0 Å². The molecule has 3 rings (SSSR count). The molecule has 0 fully saturated rings. The van der Waals surface area contributed by atoms with Crippen molar-refractivity contribution < 1.29 is 9.53 Å². The minimum atomic E-state index is -0.345. The number of hydrogen-bond acceptors (Lipinski definition) is 2. The predicted octanol–water partition coefficient (Wildman–Crippen LogP) is 3.29. The molecule has 18 heavy (non-hydrogen) atoms. The molecule has 0 radical (unpaired) electrons. The normalized spacial score (nSPS) is 18.1. The summed E-state index contributed by atoms with van der Waals surface area (Å²) in [6, 6.07) is 17.5. The van der Waals surface area contributed by atoms with Crippen molar-refractivity contribution >= 4 is 5.97 Å². The van der Waals surface area contributed by atoms with E-state index in [4.69, 9.17) is 4.74 Å². The Bertz CT molecular complexity index is 614. The van der Waals surface area contributed by atoms with Gasteiger partial charge >= 0.3 is 5.97 Å². The first-order chi connectivity index (χ1) is 8.77. The van der Waals surface area contributed by atoms with E-state index in [-0.39, 0.29) is 11.9 Å². The van der Waals surface area contributed by atoms with Crippen LogP contribution in [0, 0.1) is 0 Å². The Hall–Kier alpha value is -2.35. The van der Waals surface area contributed by atoms with Gasteiger partial charge in [0, 0.05) is 17.1 Å². The van der Waals surface area contributed by atoms with Crippen LogP contribution in [0.3, 0.4) is 0 Å². The van der Waals surface area contributed by atoms with Gasteiger partial charge < -0.3 is 4.74 Å². The lowest BCUT2D eigenvalue weighted by atomic mass is 9.83. The van der Waals surface area contributed by atoms with E-state index in [1.807, 2.05) is 54.6 Å². The van der Waals surface area contributed by atoms with Gasteiger partial charge in [0.05, 0.1) is 0 Å².